The van der Waals surface area contributed by atoms with E-state index in [1.54, 1.807) is 12.3 Å². The Balaban J connectivity index is 0.000000490. The molecule has 40 heavy (non-hydrogen) atoms. The van der Waals surface area contributed by atoms with Crippen molar-refractivity contribution in [1.82, 2.24) is 4.98 Å². The van der Waals surface area contributed by atoms with Gasteiger partial charge in [0.15, 0.2) is 0 Å². The monoisotopic (exact) mass is 604 g/mol. The predicted molar refractivity (Wildman–Crippen MR) is 171 cm³/mol. The van der Waals surface area contributed by atoms with E-state index in [2.05, 4.69) is 103 Å². The van der Waals surface area contributed by atoms with Crippen molar-refractivity contribution in [2.75, 3.05) is 0 Å². The first kappa shape index (κ1) is 30.8. The summed E-state index contributed by atoms with van der Waals surface area (Å²) in [6, 6.07) is 41.7. The van der Waals surface area contributed by atoms with Gasteiger partial charge in [0.1, 0.15) is 0 Å². The minimum absolute atomic E-state index is 0.194. The van der Waals surface area contributed by atoms with Crippen molar-refractivity contribution >= 4 is 32.1 Å². The minimum atomic E-state index is 0.194. The fourth-order valence-corrected chi connectivity index (χ4v) is 3.83. The van der Waals surface area contributed by atoms with Crippen molar-refractivity contribution in [1.29, 1.82) is 0 Å². The quantitative estimate of drug-likeness (QED) is 0.107. The molecule has 0 aliphatic rings. The third kappa shape index (κ3) is 9.48. The molecule has 0 aliphatic heterocycles. The number of allylic oxidation sites excluding steroid dienone is 2. The topological polar surface area (TPSA) is 25.2 Å². The van der Waals surface area contributed by atoms with E-state index in [-0.39, 0.29) is 13.1 Å². The van der Waals surface area contributed by atoms with Gasteiger partial charge in [-0.1, -0.05) is 122 Å². The summed E-state index contributed by atoms with van der Waals surface area (Å²) in [5, 5.41) is 0. The molecule has 0 aliphatic carbocycles. The molecular weight excluding hydrogens is 575 g/mol. The van der Waals surface area contributed by atoms with Gasteiger partial charge in [0.25, 0.3) is 0 Å². The van der Waals surface area contributed by atoms with E-state index >= 15 is 0 Å². The first-order valence-corrected chi connectivity index (χ1v) is 15.5. The summed E-state index contributed by atoms with van der Waals surface area (Å²) in [5.41, 5.74) is 9.60. The Bertz CT molecular complexity index is 1440. The van der Waals surface area contributed by atoms with E-state index in [0.29, 0.717) is 0 Å². The number of hydrogen-bond acceptors (Lipinski definition) is 2. The van der Waals surface area contributed by atoms with Crippen LogP contribution in [0.1, 0.15) is 12.6 Å². The number of nitrogens with zero attached hydrogens (tertiary/aromatic N) is 2. The second-order valence-electron chi connectivity index (χ2n) is 8.63. The van der Waals surface area contributed by atoms with Gasteiger partial charge in [-0.15, -0.1) is 0 Å². The molecule has 5 aromatic rings. The molecule has 0 N–H and O–H groups in total. The van der Waals surface area contributed by atoms with Crippen LogP contribution in [0.4, 0.5) is 5.69 Å². The average molecular weight is 605 g/mol. The molecule has 0 amide bonds. The van der Waals surface area contributed by atoms with Crippen LogP contribution in [0.25, 0.3) is 33.4 Å². The molecular formula is C35H30Cl2FeN2. The van der Waals surface area contributed by atoms with E-state index in [1.165, 1.54) is 11.1 Å². The van der Waals surface area contributed by atoms with Gasteiger partial charge >= 0.3 is 33.3 Å². The van der Waals surface area contributed by atoms with Gasteiger partial charge in [0.05, 0.1) is 17.6 Å². The zero-order valence-electron chi connectivity index (χ0n) is 22.2. The molecule has 0 fully saturated rings. The van der Waals surface area contributed by atoms with Crippen LogP contribution in [-0.4, -0.2) is 11.2 Å². The third-order valence-electron chi connectivity index (χ3n) is 5.75. The van der Waals surface area contributed by atoms with E-state index in [4.69, 9.17) is 25.2 Å². The summed E-state index contributed by atoms with van der Waals surface area (Å²) in [5.74, 6) is 0. The van der Waals surface area contributed by atoms with Gasteiger partial charge in [-0.3, -0.25) is 9.98 Å². The third-order valence-corrected chi connectivity index (χ3v) is 5.75. The van der Waals surface area contributed by atoms with Crippen LogP contribution >= 0.6 is 20.2 Å². The Morgan fingerprint density at radius 1 is 0.700 bits per heavy atom. The van der Waals surface area contributed by atoms with Crippen molar-refractivity contribution < 1.29 is 13.1 Å². The van der Waals surface area contributed by atoms with Crippen LogP contribution in [0.3, 0.4) is 0 Å². The number of pyridine rings is 1. The van der Waals surface area contributed by atoms with E-state index in [0.717, 1.165) is 39.2 Å². The molecule has 0 radical (unpaired) electrons. The van der Waals surface area contributed by atoms with Crippen molar-refractivity contribution in [2.24, 2.45) is 4.99 Å². The molecule has 202 valence electrons. The van der Waals surface area contributed by atoms with Gasteiger partial charge in [-0.2, -0.15) is 0 Å². The van der Waals surface area contributed by atoms with Crippen molar-refractivity contribution in [3.05, 3.63) is 158 Å². The average Bonchev–Trinajstić information content (AvgIpc) is 3.02. The van der Waals surface area contributed by atoms with Gasteiger partial charge in [-0.25, -0.2) is 0 Å². The first-order chi connectivity index (χ1) is 19.6. The first-order valence-electron chi connectivity index (χ1n) is 12.5. The van der Waals surface area contributed by atoms with Crippen molar-refractivity contribution in [3.8, 4) is 33.4 Å². The standard InChI is InChI=1S/C30H22N2.C5H8.2ClH.Fe/c1-4-12-23(13-5-1)26-20-28(24-14-6-2-7-15-24)30(32-22-27-18-10-11-19-31-27)29(21-26)25-16-8-3-9-17-25;1-4-5(2)3;;;/h1-22H;4H,1-2H2,3H3;2*1H;/q;;;;+2/p-2. The summed E-state index contributed by atoms with van der Waals surface area (Å²) in [6.45, 7) is 8.93. The molecule has 0 saturated heterocycles. The van der Waals surface area contributed by atoms with Gasteiger partial charge in [-0.05, 0) is 53.4 Å². The zero-order chi connectivity index (χ0) is 28.6. The Morgan fingerprint density at radius 2 is 1.12 bits per heavy atom. The zero-order valence-corrected chi connectivity index (χ0v) is 24.8. The molecule has 0 bridgehead atoms. The number of rotatable bonds is 6. The second-order valence-corrected chi connectivity index (χ2v) is 10.5. The van der Waals surface area contributed by atoms with Crippen LogP contribution in [0.15, 0.2) is 157 Å². The van der Waals surface area contributed by atoms with Crippen LogP contribution in [-0.2, 0) is 13.1 Å². The molecule has 5 rings (SSSR count). The summed E-state index contributed by atoms with van der Waals surface area (Å²) < 4.78 is 0. The number of aliphatic imine (C=N–C) groups is 1. The van der Waals surface area contributed by atoms with Crippen molar-refractivity contribution in [3.63, 3.8) is 0 Å². The van der Waals surface area contributed by atoms with Crippen LogP contribution < -0.4 is 0 Å². The molecule has 5 heteroatoms. The Hall–Kier alpha value is -3.72. The molecule has 4 aromatic carbocycles. The Labute approximate surface area is 252 Å². The summed E-state index contributed by atoms with van der Waals surface area (Å²) in [7, 11) is 9.53. The number of halogens is 2. The number of benzene rings is 4. The molecule has 0 saturated carbocycles. The number of hydrogen-bond donors (Lipinski definition) is 0. The maximum absolute atomic E-state index is 4.98. The van der Waals surface area contributed by atoms with Gasteiger partial charge < -0.3 is 0 Å². The maximum atomic E-state index is 4.98. The van der Waals surface area contributed by atoms with E-state index in [9.17, 15) is 0 Å². The fourth-order valence-electron chi connectivity index (χ4n) is 3.83. The van der Waals surface area contributed by atoms with E-state index in [1.807, 2.05) is 49.5 Å². The SMILES string of the molecule is C(=Nc1c(-c2ccccc2)cc(-c2ccccc2)cc1-c1ccccc1)c1ccccn1.C=CC(=C)C.[Cl][Fe][Cl]. The predicted octanol–water partition coefficient (Wildman–Crippen LogP) is 11.0. The Morgan fingerprint density at radius 3 is 1.52 bits per heavy atom. The second kappa shape index (κ2) is 17.1. The molecule has 0 atom stereocenters. The van der Waals surface area contributed by atoms with Gasteiger partial charge in [0, 0.05) is 17.3 Å². The van der Waals surface area contributed by atoms with Gasteiger partial charge in [0.2, 0.25) is 0 Å². The molecule has 2 nitrogen and oxygen atoms in total. The normalized spacial score (nSPS) is 10.2. The summed E-state index contributed by atoms with van der Waals surface area (Å²) >= 11 is 0.194. The summed E-state index contributed by atoms with van der Waals surface area (Å²) in [4.78, 5) is 9.39. The van der Waals surface area contributed by atoms with Crippen LogP contribution in [0.2, 0.25) is 0 Å². The van der Waals surface area contributed by atoms with Crippen LogP contribution in [0, 0.1) is 0 Å². The summed E-state index contributed by atoms with van der Waals surface area (Å²) in [6.07, 6.45) is 5.35. The molecule has 1 aromatic heterocycles. The van der Waals surface area contributed by atoms with Crippen LogP contribution in [0.5, 0.6) is 0 Å². The molecule has 0 unspecified atom stereocenters. The van der Waals surface area contributed by atoms with Crippen molar-refractivity contribution in [2.45, 2.75) is 6.92 Å². The Kier molecular flexibility index (Phi) is 13.2. The number of aromatic nitrogens is 1. The fraction of sp³-hybridized carbons (Fsp3) is 0.0286. The molecule has 1 heterocycles. The molecule has 0 spiro atoms. The van der Waals surface area contributed by atoms with E-state index < -0.39 is 0 Å².